The average molecular weight is 311 g/mol. The lowest BCUT2D eigenvalue weighted by Gasteiger charge is -2.31. The Balaban J connectivity index is 2.00. The summed E-state index contributed by atoms with van der Waals surface area (Å²) in [5.74, 6) is -0.142. The summed E-state index contributed by atoms with van der Waals surface area (Å²) in [4.78, 5) is 32.2. The van der Waals surface area contributed by atoms with Crippen molar-refractivity contribution in [2.24, 2.45) is 17.8 Å². The molecule has 1 fully saturated rings. The van der Waals surface area contributed by atoms with Gasteiger partial charge in [-0.25, -0.2) is 9.97 Å². The van der Waals surface area contributed by atoms with Crippen LogP contribution in [0.25, 0.3) is 0 Å². The molecule has 0 bridgehead atoms. The lowest BCUT2D eigenvalue weighted by atomic mass is 9.73. The van der Waals surface area contributed by atoms with Crippen LogP contribution in [0, 0.1) is 17.8 Å². The second-order valence-electron chi connectivity index (χ2n) is 5.43. The minimum Gasteiger partial charge on any atom is -0.466 e. The van der Waals surface area contributed by atoms with E-state index in [-0.39, 0.29) is 35.3 Å². The number of ether oxygens (including phenoxy) is 1. The third kappa shape index (κ3) is 3.79. The van der Waals surface area contributed by atoms with Gasteiger partial charge in [-0.05, 0) is 32.1 Å². The van der Waals surface area contributed by atoms with Gasteiger partial charge in [0.15, 0.2) is 5.82 Å². The number of halogens is 1. The number of carbonyl (C=O) groups excluding carboxylic acids is 2. The van der Waals surface area contributed by atoms with Gasteiger partial charge < -0.3 is 4.74 Å². The molecule has 114 valence electrons. The highest BCUT2D eigenvalue weighted by atomic mass is 35.5. The molecule has 1 heterocycles. The number of ketones is 1. The van der Waals surface area contributed by atoms with Crippen LogP contribution < -0.4 is 0 Å². The quantitative estimate of drug-likeness (QED) is 0.631. The lowest BCUT2D eigenvalue weighted by molar-refractivity contribution is -0.151. The number of esters is 1. The van der Waals surface area contributed by atoms with E-state index in [9.17, 15) is 9.59 Å². The van der Waals surface area contributed by atoms with Gasteiger partial charge in [-0.2, -0.15) is 0 Å². The molecule has 0 radical (unpaired) electrons. The molecule has 1 saturated carbocycles. The molecule has 0 spiro atoms. The van der Waals surface area contributed by atoms with E-state index >= 15 is 0 Å². The lowest BCUT2D eigenvalue weighted by Crippen LogP contribution is -2.33. The van der Waals surface area contributed by atoms with Gasteiger partial charge in [0.1, 0.15) is 0 Å². The van der Waals surface area contributed by atoms with E-state index in [0.29, 0.717) is 30.9 Å². The summed E-state index contributed by atoms with van der Waals surface area (Å²) in [6.07, 6.45) is 4.85. The minimum absolute atomic E-state index is 0.0687. The number of hydrogen-bond donors (Lipinski definition) is 0. The van der Waals surface area contributed by atoms with Crippen LogP contribution >= 0.6 is 11.6 Å². The summed E-state index contributed by atoms with van der Waals surface area (Å²) < 4.78 is 5.08. The molecule has 1 aromatic heterocycles. The van der Waals surface area contributed by atoms with Gasteiger partial charge in [0.2, 0.25) is 5.78 Å². The monoisotopic (exact) mass is 310 g/mol. The molecular formula is C15H19ClN2O3. The Labute approximate surface area is 129 Å². The zero-order chi connectivity index (χ0) is 15.4. The minimum atomic E-state index is -0.154. The molecule has 0 saturated heterocycles. The predicted molar refractivity (Wildman–Crippen MR) is 78.0 cm³/mol. The van der Waals surface area contributed by atoms with Crippen molar-refractivity contribution in [2.75, 3.05) is 6.61 Å². The molecule has 1 aromatic rings. The molecule has 5 nitrogen and oxygen atoms in total. The van der Waals surface area contributed by atoms with Crippen LogP contribution in [0.15, 0.2) is 12.4 Å². The Kier molecular flexibility index (Phi) is 5.28. The van der Waals surface area contributed by atoms with Crippen molar-refractivity contribution in [2.45, 2.75) is 33.1 Å². The first-order valence-electron chi connectivity index (χ1n) is 7.21. The molecule has 3 atom stereocenters. The number of hydrogen-bond acceptors (Lipinski definition) is 5. The molecule has 0 aliphatic heterocycles. The van der Waals surface area contributed by atoms with Gasteiger partial charge in [0.25, 0.3) is 0 Å². The Morgan fingerprint density at radius 3 is 2.57 bits per heavy atom. The Morgan fingerprint density at radius 2 is 2.00 bits per heavy atom. The zero-order valence-corrected chi connectivity index (χ0v) is 13.0. The zero-order valence-electron chi connectivity index (χ0n) is 12.2. The van der Waals surface area contributed by atoms with E-state index < -0.39 is 0 Å². The first kappa shape index (κ1) is 15.9. The van der Waals surface area contributed by atoms with E-state index in [2.05, 4.69) is 9.97 Å². The molecule has 1 unspecified atom stereocenters. The molecule has 0 N–H and O–H groups in total. The molecule has 1 aliphatic rings. The topological polar surface area (TPSA) is 69.2 Å². The van der Waals surface area contributed by atoms with Crippen LogP contribution in [0.2, 0.25) is 5.02 Å². The molecule has 21 heavy (non-hydrogen) atoms. The second-order valence-corrected chi connectivity index (χ2v) is 5.87. The Hall–Kier alpha value is -1.49. The van der Waals surface area contributed by atoms with Crippen LogP contribution in [0.1, 0.15) is 43.7 Å². The number of Topliss-reactive ketones (excluding diaryl/α,β-unsaturated/α-hetero) is 1. The summed E-state index contributed by atoms with van der Waals surface area (Å²) in [5.41, 5.74) is 0. The highest BCUT2D eigenvalue weighted by molar-refractivity contribution is 6.30. The van der Waals surface area contributed by atoms with Crippen LogP contribution in [0.4, 0.5) is 0 Å². The van der Waals surface area contributed by atoms with E-state index in [4.69, 9.17) is 16.3 Å². The molecule has 2 rings (SSSR count). The summed E-state index contributed by atoms with van der Waals surface area (Å²) in [6, 6.07) is 0. The van der Waals surface area contributed by atoms with Crippen molar-refractivity contribution in [3.05, 3.63) is 23.2 Å². The van der Waals surface area contributed by atoms with Crippen molar-refractivity contribution in [3.63, 3.8) is 0 Å². The third-order valence-electron chi connectivity index (χ3n) is 3.97. The van der Waals surface area contributed by atoms with Crippen molar-refractivity contribution >= 4 is 23.4 Å². The Morgan fingerprint density at radius 1 is 1.33 bits per heavy atom. The highest BCUT2D eigenvalue weighted by Crippen LogP contribution is 2.35. The second kappa shape index (κ2) is 6.98. The van der Waals surface area contributed by atoms with Crippen LogP contribution in [0.3, 0.4) is 0 Å². The molecule has 0 aromatic carbocycles. The van der Waals surface area contributed by atoms with Crippen molar-refractivity contribution in [1.82, 2.24) is 9.97 Å². The van der Waals surface area contributed by atoms with E-state index in [1.165, 1.54) is 12.4 Å². The van der Waals surface area contributed by atoms with Crippen molar-refractivity contribution in [1.29, 1.82) is 0 Å². The van der Waals surface area contributed by atoms with Gasteiger partial charge in [-0.15, -0.1) is 0 Å². The summed E-state index contributed by atoms with van der Waals surface area (Å²) in [6.45, 7) is 4.18. The number of carbonyl (C=O) groups is 2. The number of rotatable bonds is 4. The first-order valence-corrected chi connectivity index (χ1v) is 7.59. The Bertz CT molecular complexity index is 518. The molecule has 1 aliphatic carbocycles. The van der Waals surface area contributed by atoms with Crippen LogP contribution in [-0.4, -0.2) is 28.3 Å². The standard InChI is InChI=1S/C15H19ClN2O3/c1-3-21-15(20)12-5-4-10(6-9(12)2)13(19)14-17-7-11(16)8-18-14/h7-10,12H,3-6H2,1-2H3/t9-,10?,12+/m0/s1. The smallest absolute Gasteiger partial charge is 0.309 e. The first-order chi connectivity index (χ1) is 10.0. The number of nitrogens with zero attached hydrogens (tertiary/aromatic N) is 2. The van der Waals surface area contributed by atoms with Crippen LogP contribution in [0.5, 0.6) is 0 Å². The normalized spacial score (nSPS) is 25.4. The van der Waals surface area contributed by atoms with E-state index in [1.807, 2.05) is 6.92 Å². The third-order valence-corrected chi connectivity index (χ3v) is 4.17. The SMILES string of the molecule is CCOC(=O)[C@@H]1CCC(C(=O)c2ncc(Cl)cn2)C[C@@H]1C. The maximum absolute atomic E-state index is 12.4. The van der Waals surface area contributed by atoms with Gasteiger partial charge in [0, 0.05) is 18.3 Å². The molecule has 0 amide bonds. The van der Waals surface area contributed by atoms with Crippen molar-refractivity contribution in [3.8, 4) is 0 Å². The number of aromatic nitrogens is 2. The highest BCUT2D eigenvalue weighted by Gasteiger charge is 2.36. The summed E-state index contributed by atoms with van der Waals surface area (Å²) in [5, 5.41) is 0.408. The fourth-order valence-corrected chi connectivity index (χ4v) is 2.95. The van der Waals surface area contributed by atoms with Crippen molar-refractivity contribution < 1.29 is 14.3 Å². The maximum atomic E-state index is 12.4. The van der Waals surface area contributed by atoms with Gasteiger partial charge >= 0.3 is 5.97 Å². The predicted octanol–water partition coefficient (Wildman–Crippen LogP) is 2.93. The maximum Gasteiger partial charge on any atom is 0.309 e. The fraction of sp³-hybridized carbons (Fsp3) is 0.600. The van der Waals surface area contributed by atoms with Gasteiger partial charge in [-0.1, -0.05) is 18.5 Å². The van der Waals surface area contributed by atoms with E-state index in [1.54, 1.807) is 6.92 Å². The fourth-order valence-electron chi connectivity index (χ4n) is 2.86. The average Bonchev–Trinajstić information content (AvgIpc) is 2.47. The summed E-state index contributed by atoms with van der Waals surface area (Å²) >= 11 is 5.72. The van der Waals surface area contributed by atoms with Crippen LogP contribution in [-0.2, 0) is 9.53 Å². The summed E-state index contributed by atoms with van der Waals surface area (Å²) in [7, 11) is 0. The van der Waals surface area contributed by atoms with E-state index in [0.717, 1.165) is 0 Å². The molecular weight excluding hydrogens is 292 g/mol. The molecule has 6 heteroatoms. The van der Waals surface area contributed by atoms with Gasteiger partial charge in [-0.3, -0.25) is 9.59 Å². The van der Waals surface area contributed by atoms with Gasteiger partial charge in [0.05, 0.1) is 17.5 Å². The largest absolute Gasteiger partial charge is 0.466 e.